The predicted octanol–water partition coefficient (Wildman–Crippen LogP) is 2.33. The second-order valence-electron chi connectivity index (χ2n) is 4.41. The molecule has 3 heterocycles. The Hall–Kier alpha value is -2.48. The summed E-state index contributed by atoms with van der Waals surface area (Å²) in [6.07, 6.45) is 3.48. The lowest BCUT2D eigenvalue weighted by atomic mass is 10.2. The lowest BCUT2D eigenvalue weighted by Crippen LogP contribution is -2.13. The zero-order chi connectivity index (χ0) is 14.7. The van der Waals surface area contributed by atoms with Crippen LogP contribution in [0.25, 0.3) is 5.95 Å². The molecule has 0 aliphatic heterocycles. The maximum atomic E-state index is 4.40. The Balaban J connectivity index is 1.89. The Labute approximate surface area is 126 Å². The van der Waals surface area contributed by atoms with E-state index in [1.807, 2.05) is 6.07 Å². The van der Waals surface area contributed by atoms with Crippen LogP contribution in [0.2, 0.25) is 0 Å². The van der Waals surface area contributed by atoms with Crippen molar-refractivity contribution >= 4 is 23.2 Å². The first-order valence-electron chi connectivity index (χ1n) is 6.49. The SMILES string of the molecule is CNc1nc(NC(C)c2ccsc2)nc(-n2cccn2)n1. The summed E-state index contributed by atoms with van der Waals surface area (Å²) in [5.41, 5.74) is 1.20. The van der Waals surface area contributed by atoms with Crippen molar-refractivity contribution in [3.63, 3.8) is 0 Å². The van der Waals surface area contributed by atoms with E-state index in [0.29, 0.717) is 17.8 Å². The molecule has 3 aromatic heterocycles. The highest BCUT2D eigenvalue weighted by atomic mass is 32.1. The van der Waals surface area contributed by atoms with Gasteiger partial charge in [0.1, 0.15) is 0 Å². The van der Waals surface area contributed by atoms with Gasteiger partial charge in [-0.15, -0.1) is 0 Å². The Morgan fingerprint density at radius 2 is 2.10 bits per heavy atom. The third-order valence-electron chi connectivity index (χ3n) is 2.95. The van der Waals surface area contributed by atoms with Crippen LogP contribution in [0, 0.1) is 0 Å². The molecule has 0 saturated heterocycles. The number of aromatic nitrogens is 5. The van der Waals surface area contributed by atoms with Gasteiger partial charge in [-0.25, -0.2) is 4.68 Å². The second-order valence-corrected chi connectivity index (χ2v) is 5.19. The van der Waals surface area contributed by atoms with E-state index in [1.165, 1.54) is 5.56 Å². The molecule has 7 nitrogen and oxygen atoms in total. The highest BCUT2D eigenvalue weighted by molar-refractivity contribution is 7.07. The summed E-state index contributed by atoms with van der Waals surface area (Å²) in [6, 6.07) is 4.02. The van der Waals surface area contributed by atoms with E-state index in [0.717, 1.165) is 0 Å². The van der Waals surface area contributed by atoms with Gasteiger partial charge in [0.2, 0.25) is 11.9 Å². The highest BCUT2D eigenvalue weighted by Gasteiger charge is 2.11. The summed E-state index contributed by atoms with van der Waals surface area (Å²) in [5.74, 6) is 1.48. The molecule has 1 unspecified atom stereocenters. The third kappa shape index (κ3) is 3.00. The van der Waals surface area contributed by atoms with Gasteiger partial charge in [0.25, 0.3) is 5.95 Å². The molecule has 0 bridgehead atoms. The zero-order valence-electron chi connectivity index (χ0n) is 11.7. The van der Waals surface area contributed by atoms with E-state index in [1.54, 1.807) is 35.5 Å². The molecule has 0 fully saturated rings. The topological polar surface area (TPSA) is 80.5 Å². The molecule has 0 aromatic carbocycles. The van der Waals surface area contributed by atoms with Gasteiger partial charge < -0.3 is 10.6 Å². The number of nitrogens with zero attached hydrogens (tertiary/aromatic N) is 5. The average Bonchev–Trinajstić information content (AvgIpc) is 3.19. The van der Waals surface area contributed by atoms with Crippen molar-refractivity contribution in [1.82, 2.24) is 24.7 Å². The van der Waals surface area contributed by atoms with Crippen LogP contribution in [0.15, 0.2) is 35.3 Å². The standard InChI is InChI=1S/C13H15N7S/c1-9(10-4-7-21-8-10)16-12-17-11(14-2)18-13(19-12)20-6-3-5-15-20/h3-9H,1-2H3,(H2,14,16,17,18,19). The van der Waals surface area contributed by atoms with E-state index in [4.69, 9.17) is 0 Å². The van der Waals surface area contributed by atoms with Gasteiger partial charge in [-0.05, 0) is 35.4 Å². The van der Waals surface area contributed by atoms with Gasteiger partial charge in [0, 0.05) is 19.4 Å². The van der Waals surface area contributed by atoms with Crippen molar-refractivity contribution in [3.8, 4) is 5.95 Å². The summed E-state index contributed by atoms with van der Waals surface area (Å²) < 4.78 is 1.60. The van der Waals surface area contributed by atoms with Crippen LogP contribution in [0.5, 0.6) is 0 Å². The fraction of sp³-hybridized carbons (Fsp3) is 0.231. The maximum Gasteiger partial charge on any atom is 0.257 e. The Morgan fingerprint density at radius 1 is 1.24 bits per heavy atom. The first kappa shape index (κ1) is 13.5. The van der Waals surface area contributed by atoms with Crippen LogP contribution in [0.1, 0.15) is 18.5 Å². The minimum absolute atomic E-state index is 0.119. The minimum Gasteiger partial charge on any atom is -0.357 e. The fourth-order valence-electron chi connectivity index (χ4n) is 1.83. The number of nitrogens with one attached hydrogen (secondary N) is 2. The van der Waals surface area contributed by atoms with Gasteiger partial charge in [-0.1, -0.05) is 0 Å². The van der Waals surface area contributed by atoms with Crippen LogP contribution >= 0.6 is 11.3 Å². The van der Waals surface area contributed by atoms with Crippen LogP contribution in [-0.4, -0.2) is 31.8 Å². The lowest BCUT2D eigenvalue weighted by Gasteiger charge is -2.13. The Kier molecular flexibility index (Phi) is 3.78. The number of hydrogen-bond donors (Lipinski definition) is 2. The Morgan fingerprint density at radius 3 is 2.76 bits per heavy atom. The van der Waals surface area contributed by atoms with E-state index in [9.17, 15) is 0 Å². The number of rotatable bonds is 5. The molecule has 108 valence electrons. The van der Waals surface area contributed by atoms with Crippen molar-refractivity contribution in [1.29, 1.82) is 0 Å². The largest absolute Gasteiger partial charge is 0.357 e. The third-order valence-corrected chi connectivity index (χ3v) is 3.65. The van der Waals surface area contributed by atoms with Gasteiger partial charge in [-0.2, -0.15) is 31.4 Å². The van der Waals surface area contributed by atoms with Gasteiger partial charge >= 0.3 is 0 Å². The number of thiophene rings is 1. The molecule has 0 aliphatic carbocycles. The van der Waals surface area contributed by atoms with Crippen molar-refractivity contribution in [2.75, 3.05) is 17.7 Å². The van der Waals surface area contributed by atoms with E-state index >= 15 is 0 Å². The molecular formula is C13H15N7S. The van der Waals surface area contributed by atoms with Crippen LogP contribution in [-0.2, 0) is 0 Å². The van der Waals surface area contributed by atoms with Crippen molar-refractivity contribution in [2.24, 2.45) is 0 Å². The smallest absolute Gasteiger partial charge is 0.257 e. The van der Waals surface area contributed by atoms with E-state index in [2.05, 4.69) is 54.4 Å². The molecular weight excluding hydrogens is 286 g/mol. The number of anilines is 2. The molecule has 3 rings (SSSR count). The molecule has 21 heavy (non-hydrogen) atoms. The van der Waals surface area contributed by atoms with Gasteiger partial charge in [-0.3, -0.25) is 0 Å². The first-order chi connectivity index (χ1) is 10.3. The number of hydrogen-bond acceptors (Lipinski definition) is 7. The quantitative estimate of drug-likeness (QED) is 0.753. The second kappa shape index (κ2) is 5.88. The van der Waals surface area contributed by atoms with E-state index in [-0.39, 0.29) is 6.04 Å². The minimum atomic E-state index is 0.119. The van der Waals surface area contributed by atoms with Crippen LogP contribution in [0.3, 0.4) is 0 Å². The fourth-order valence-corrected chi connectivity index (χ4v) is 2.58. The normalized spacial score (nSPS) is 12.1. The van der Waals surface area contributed by atoms with Crippen LogP contribution in [0.4, 0.5) is 11.9 Å². The average molecular weight is 301 g/mol. The predicted molar refractivity (Wildman–Crippen MR) is 82.9 cm³/mol. The maximum absolute atomic E-state index is 4.40. The summed E-state index contributed by atoms with van der Waals surface area (Å²) in [6.45, 7) is 2.07. The van der Waals surface area contributed by atoms with Crippen molar-refractivity contribution in [2.45, 2.75) is 13.0 Å². The molecule has 8 heteroatoms. The van der Waals surface area contributed by atoms with Gasteiger partial charge in [0.15, 0.2) is 0 Å². The van der Waals surface area contributed by atoms with Crippen molar-refractivity contribution in [3.05, 3.63) is 40.8 Å². The van der Waals surface area contributed by atoms with E-state index < -0.39 is 0 Å². The first-order valence-corrected chi connectivity index (χ1v) is 7.43. The summed E-state index contributed by atoms with van der Waals surface area (Å²) in [7, 11) is 1.77. The molecule has 0 amide bonds. The monoisotopic (exact) mass is 301 g/mol. The lowest BCUT2D eigenvalue weighted by molar-refractivity contribution is 0.786. The summed E-state index contributed by atoms with van der Waals surface area (Å²) in [5, 5.41) is 14.5. The highest BCUT2D eigenvalue weighted by Crippen LogP contribution is 2.20. The molecule has 0 aliphatic rings. The molecule has 0 saturated carbocycles. The molecule has 0 radical (unpaired) electrons. The summed E-state index contributed by atoms with van der Waals surface area (Å²) >= 11 is 1.67. The molecule has 2 N–H and O–H groups in total. The summed E-state index contributed by atoms with van der Waals surface area (Å²) in [4.78, 5) is 13.0. The molecule has 0 spiro atoms. The van der Waals surface area contributed by atoms with Crippen LogP contribution < -0.4 is 10.6 Å². The Bertz CT molecular complexity index is 693. The molecule has 1 atom stereocenters. The zero-order valence-corrected chi connectivity index (χ0v) is 12.5. The van der Waals surface area contributed by atoms with Crippen molar-refractivity contribution < 1.29 is 0 Å². The molecule has 3 aromatic rings. The van der Waals surface area contributed by atoms with Gasteiger partial charge in [0.05, 0.1) is 6.04 Å².